The molecule has 1 atom stereocenters. The summed E-state index contributed by atoms with van der Waals surface area (Å²) in [5, 5.41) is 6.76. The lowest BCUT2D eigenvalue weighted by Crippen LogP contribution is -2.41. The van der Waals surface area contributed by atoms with Crippen LogP contribution in [0, 0.1) is 11.8 Å². The Hall–Kier alpha value is -2.12. The Bertz CT molecular complexity index is 630. The van der Waals surface area contributed by atoms with Gasteiger partial charge in [-0.05, 0) is 56.8 Å². The molecule has 4 N–H and O–H groups in total. The molecule has 0 spiro atoms. The number of likely N-dealkylation sites (tertiary alicyclic amines) is 1. The monoisotopic (exact) mass is 417 g/mol. The van der Waals surface area contributed by atoms with E-state index in [1.165, 1.54) is 5.56 Å². The van der Waals surface area contributed by atoms with E-state index in [1.807, 2.05) is 18.2 Å². The highest BCUT2D eigenvalue weighted by Crippen LogP contribution is 2.16. The van der Waals surface area contributed by atoms with E-state index in [4.69, 9.17) is 10.5 Å². The van der Waals surface area contributed by atoms with Crippen LogP contribution in [-0.2, 0) is 16.1 Å². The number of unbranched alkanes of at least 4 members (excludes halogenated alkanes) is 1. The Balaban J connectivity index is 1.49. The van der Waals surface area contributed by atoms with Crippen molar-refractivity contribution in [3.8, 4) is 0 Å². The highest BCUT2D eigenvalue weighted by atomic mass is 16.5. The molecule has 1 fully saturated rings. The molecule has 0 aromatic heterocycles. The maximum Gasteiger partial charge on any atom is 0.220 e. The largest absolute Gasteiger partial charge is 0.376 e. The van der Waals surface area contributed by atoms with Crippen LogP contribution in [0.25, 0.3) is 0 Å². The van der Waals surface area contributed by atoms with Crippen molar-refractivity contribution in [2.45, 2.75) is 39.2 Å². The fraction of sp³-hybridized carbons (Fsp3) is 0.652. The van der Waals surface area contributed by atoms with Crippen LogP contribution in [0.5, 0.6) is 0 Å². The van der Waals surface area contributed by atoms with Gasteiger partial charge >= 0.3 is 0 Å². The Morgan fingerprint density at radius 1 is 1.23 bits per heavy atom. The Morgan fingerprint density at radius 2 is 1.97 bits per heavy atom. The molecule has 0 saturated carbocycles. The van der Waals surface area contributed by atoms with Gasteiger partial charge in [0.25, 0.3) is 0 Å². The minimum absolute atomic E-state index is 0.0726. The minimum atomic E-state index is -0.144. The molecule has 168 valence electrons. The quantitative estimate of drug-likeness (QED) is 0.275. The fourth-order valence-electron chi connectivity index (χ4n) is 3.61. The van der Waals surface area contributed by atoms with E-state index in [-0.39, 0.29) is 11.8 Å². The molecule has 2 rings (SSSR count). The van der Waals surface area contributed by atoms with E-state index in [9.17, 15) is 4.79 Å². The highest BCUT2D eigenvalue weighted by Gasteiger charge is 2.22. The van der Waals surface area contributed by atoms with Crippen LogP contribution in [0.3, 0.4) is 0 Å². The third-order valence-electron chi connectivity index (χ3n) is 5.54. The van der Waals surface area contributed by atoms with E-state index in [1.54, 1.807) is 7.05 Å². The lowest BCUT2D eigenvalue weighted by molar-refractivity contribution is -0.123. The predicted molar refractivity (Wildman–Crippen MR) is 122 cm³/mol. The van der Waals surface area contributed by atoms with Crippen molar-refractivity contribution >= 4 is 11.9 Å². The number of guanidine groups is 1. The molecule has 30 heavy (non-hydrogen) atoms. The number of rotatable bonds is 12. The maximum atomic E-state index is 11.2. The number of carbonyl (C=O) groups is 1. The number of benzene rings is 1. The van der Waals surface area contributed by atoms with Crippen LogP contribution < -0.4 is 16.4 Å². The molecule has 1 aromatic carbocycles. The summed E-state index contributed by atoms with van der Waals surface area (Å²) < 4.78 is 5.81. The first-order chi connectivity index (χ1) is 14.6. The summed E-state index contributed by atoms with van der Waals surface area (Å²) in [5.41, 5.74) is 6.60. The highest BCUT2D eigenvalue weighted by molar-refractivity contribution is 5.79. The second-order valence-electron chi connectivity index (χ2n) is 8.21. The summed E-state index contributed by atoms with van der Waals surface area (Å²) in [6, 6.07) is 10.2. The zero-order chi connectivity index (χ0) is 21.6. The van der Waals surface area contributed by atoms with Gasteiger partial charge in [0.1, 0.15) is 0 Å². The summed E-state index contributed by atoms with van der Waals surface area (Å²) in [6.45, 7) is 8.30. The summed E-state index contributed by atoms with van der Waals surface area (Å²) in [5.74, 6) is 1.17. The molecule has 0 radical (unpaired) electrons. The second kappa shape index (κ2) is 14.0. The zero-order valence-corrected chi connectivity index (χ0v) is 18.6. The molecule has 1 heterocycles. The van der Waals surface area contributed by atoms with Crippen molar-refractivity contribution in [1.82, 2.24) is 15.5 Å². The van der Waals surface area contributed by atoms with Crippen molar-refractivity contribution in [3.63, 3.8) is 0 Å². The number of ether oxygens (including phenoxy) is 1. The number of hydrogen-bond acceptors (Lipinski definition) is 4. The van der Waals surface area contributed by atoms with Crippen LogP contribution in [0.4, 0.5) is 0 Å². The number of primary amides is 1. The normalized spacial score (nSPS) is 16.9. The number of hydrogen-bond donors (Lipinski definition) is 3. The van der Waals surface area contributed by atoms with E-state index in [0.717, 1.165) is 64.4 Å². The molecule has 1 aliphatic heterocycles. The van der Waals surface area contributed by atoms with Crippen LogP contribution in [0.1, 0.15) is 38.2 Å². The van der Waals surface area contributed by atoms with Gasteiger partial charge in [-0.2, -0.15) is 0 Å². The van der Waals surface area contributed by atoms with Crippen LogP contribution in [0.15, 0.2) is 35.3 Å². The molecule has 1 amide bonds. The number of nitrogens with zero attached hydrogens (tertiary/aromatic N) is 2. The van der Waals surface area contributed by atoms with Crippen LogP contribution >= 0.6 is 0 Å². The van der Waals surface area contributed by atoms with Crippen molar-refractivity contribution in [3.05, 3.63) is 35.9 Å². The number of carbonyl (C=O) groups excluding carboxylic acids is 1. The summed E-state index contributed by atoms with van der Waals surface area (Å²) in [7, 11) is 1.80. The number of aliphatic imine (C=N–C) groups is 1. The third kappa shape index (κ3) is 9.59. The average Bonchev–Trinajstić information content (AvgIpc) is 2.76. The van der Waals surface area contributed by atoms with Gasteiger partial charge in [-0.15, -0.1) is 0 Å². The molecule has 1 aliphatic rings. The topological polar surface area (TPSA) is 92.0 Å². The molecule has 7 heteroatoms. The SMILES string of the molecule is CN=C(NCCCCN1CCC(C(N)=O)CC1)NCC(C)COCc1ccccc1. The maximum absolute atomic E-state index is 11.2. The second-order valence-corrected chi connectivity index (χ2v) is 8.21. The van der Waals surface area contributed by atoms with Gasteiger partial charge < -0.3 is 26.0 Å². The van der Waals surface area contributed by atoms with Crippen molar-refractivity contribution in [1.29, 1.82) is 0 Å². The fourth-order valence-corrected chi connectivity index (χ4v) is 3.61. The molecule has 0 aliphatic carbocycles. The smallest absolute Gasteiger partial charge is 0.220 e. The van der Waals surface area contributed by atoms with E-state index >= 15 is 0 Å². The average molecular weight is 418 g/mol. The minimum Gasteiger partial charge on any atom is -0.376 e. The van der Waals surface area contributed by atoms with Gasteiger partial charge in [-0.1, -0.05) is 37.3 Å². The number of nitrogens with one attached hydrogen (secondary N) is 2. The standard InChI is InChI=1S/C23H39N5O2/c1-19(17-30-18-20-8-4-3-5-9-20)16-27-23(25-2)26-12-6-7-13-28-14-10-21(11-15-28)22(24)29/h3-5,8-9,19,21H,6-7,10-18H2,1-2H3,(H2,24,29)(H2,25,26,27). The first kappa shape index (κ1) is 24.2. The van der Waals surface area contributed by atoms with Gasteiger partial charge in [0.15, 0.2) is 5.96 Å². The van der Waals surface area contributed by atoms with Crippen molar-refractivity contribution in [2.24, 2.45) is 22.6 Å². The van der Waals surface area contributed by atoms with Crippen molar-refractivity contribution in [2.75, 3.05) is 46.4 Å². The number of nitrogens with two attached hydrogens (primary N) is 1. The van der Waals surface area contributed by atoms with Gasteiger partial charge in [-0.25, -0.2) is 0 Å². The van der Waals surface area contributed by atoms with E-state index in [2.05, 4.69) is 39.6 Å². The lowest BCUT2D eigenvalue weighted by atomic mass is 9.96. The lowest BCUT2D eigenvalue weighted by Gasteiger charge is -2.30. The van der Waals surface area contributed by atoms with Gasteiger partial charge in [0.2, 0.25) is 5.91 Å². The summed E-state index contributed by atoms with van der Waals surface area (Å²) >= 11 is 0. The van der Waals surface area contributed by atoms with Gasteiger partial charge in [0.05, 0.1) is 13.2 Å². The van der Waals surface area contributed by atoms with Gasteiger partial charge in [-0.3, -0.25) is 9.79 Å². The first-order valence-corrected chi connectivity index (χ1v) is 11.2. The van der Waals surface area contributed by atoms with Crippen molar-refractivity contribution < 1.29 is 9.53 Å². The van der Waals surface area contributed by atoms with Gasteiger partial charge in [0, 0.05) is 26.1 Å². The molecule has 0 bridgehead atoms. The molecule has 1 unspecified atom stereocenters. The molecule has 1 aromatic rings. The van der Waals surface area contributed by atoms with Crippen LogP contribution in [0.2, 0.25) is 0 Å². The molecule has 7 nitrogen and oxygen atoms in total. The number of amides is 1. The zero-order valence-electron chi connectivity index (χ0n) is 18.6. The first-order valence-electron chi connectivity index (χ1n) is 11.2. The third-order valence-corrected chi connectivity index (χ3v) is 5.54. The molecular weight excluding hydrogens is 378 g/mol. The Morgan fingerprint density at radius 3 is 2.63 bits per heavy atom. The molecular formula is C23H39N5O2. The predicted octanol–water partition coefficient (Wildman–Crippen LogP) is 1.98. The number of piperidine rings is 1. The summed E-state index contributed by atoms with van der Waals surface area (Å²) in [6.07, 6.45) is 4.02. The summed E-state index contributed by atoms with van der Waals surface area (Å²) in [4.78, 5) is 18.0. The van der Waals surface area contributed by atoms with E-state index in [0.29, 0.717) is 19.1 Å². The van der Waals surface area contributed by atoms with E-state index < -0.39 is 0 Å². The Kier molecular flexibility index (Phi) is 11.3. The molecule has 1 saturated heterocycles. The Labute approximate surface area is 181 Å². The van der Waals surface area contributed by atoms with Crippen LogP contribution in [-0.4, -0.2) is 63.1 Å².